The molecule has 0 saturated carbocycles. The molecule has 2 saturated heterocycles. The van der Waals surface area contributed by atoms with Crippen molar-refractivity contribution in [3.8, 4) is 24.3 Å². The molecular formula is C40H36N6O2. The van der Waals surface area contributed by atoms with Crippen LogP contribution in [0.2, 0.25) is 0 Å². The molecule has 0 bridgehead atoms. The van der Waals surface area contributed by atoms with Crippen molar-refractivity contribution in [1.29, 1.82) is 21.0 Å². The van der Waals surface area contributed by atoms with Crippen LogP contribution in [0.15, 0.2) is 121 Å². The molecule has 0 aliphatic carbocycles. The SMILES string of the molecule is N#CC(C#N)=Cc1ccccc1.N#CC1(C#N)c2ccccc2N2CCOCC2C1c1ccccc1.c1ccc(N2CCOCC2)cc1. The average molecular weight is 633 g/mol. The Morgan fingerprint density at radius 1 is 0.667 bits per heavy atom. The molecule has 0 radical (unpaired) electrons. The van der Waals surface area contributed by atoms with Gasteiger partial charge in [0.05, 0.1) is 44.6 Å². The van der Waals surface area contributed by atoms with Crippen molar-refractivity contribution in [2.24, 2.45) is 0 Å². The summed E-state index contributed by atoms with van der Waals surface area (Å²) in [6.45, 7) is 5.72. The fourth-order valence-electron chi connectivity index (χ4n) is 6.39. The van der Waals surface area contributed by atoms with Gasteiger partial charge in [0.1, 0.15) is 17.7 Å². The van der Waals surface area contributed by atoms with Crippen molar-refractivity contribution >= 4 is 17.5 Å². The number of benzene rings is 4. The molecule has 2 unspecified atom stereocenters. The molecular weight excluding hydrogens is 596 g/mol. The van der Waals surface area contributed by atoms with E-state index in [1.165, 1.54) is 5.69 Å². The van der Waals surface area contributed by atoms with Crippen molar-refractivity contribution in [1.82, 2.24) is 0 Å². The van der Waals surface area contributed by atoms with Gasteiger partial charge >= 0.3 is 0 Å². The molecule has 0 amide bonds. The lowest BCUT2D eigenvalue weighted by Gasteiger charge is -2.50. The van der Waals surface area contributed by atoms with Crippen LogP contribution in [0.4, 0.5) is 11.4 Å². The van der Waals surface area contributed by atoms with Gasteiger partial charge in [-0.15, -0.1) is 0 Å². The summed E-state index contributed by atoms with van der Waals surface area (Å²) in [6.07, 6.45) is 1.56. The van der Waals surface area contributed by atoms with Crippen LogP contribution in [-0.4, -0.2) is 52.1 Å². The summed E-state index contributed by atoms with van der Waals surface area (Å²) in [6, 6.07) is 45.8. The normalized spacial score (nSPS) is 18.5. The summed E-state index contributed by atoms with van der Waals surface area (Å²) in [7, 11) is 0. The largest absolute Gasteiger partial charge is 0.378 e. The maximum Gasteiger partial charge on any atom is 0.179 e. The second-order valence-corrected chi connectivity index (χ2v) is 11.4. The third kappa shape index (κ3) is 7.55. The summed E-state index contributed by atoms with van der Waals surface area (Å²) in [4.78, 5) is 4.66. The van der Waals surface area contributed by atoms with E-state index >= 15 is 0 Å². The Morgan fingerprint density at radius 3 is 1.85 bits per heavy atom. The molecule has 8 nitrogen and oxygen atoms in total. The lowest BCUT2D eigenvalue weighted by atomic mass is 9.63. The third-order valence-corrected chi connectivity index (χ3v) is 8.65. The fraction of sp³-hybridized carbons (Fsp3) is 0.250. The van der Waals surface area contributed by atoms with Crippen LogP contribution in [0.1, 0.15) is 22.6 Å². The van der Waals surface area contributed by atoms with Crippen LogP contribution < -0.4 is 9.80 Å². The number of nitrogens with zero attached hydrogens (tertiary/aromatic N) is 6. The van der Waals surface area contributed by atoms with Gasteiger partial charge in [0.25, 0.3) is 0 Å². The monoisotopic (exact) mass is 632 g/mol. The minimum Gasteiger partial charge on any atom is -0.378 e. The molecule has 4 aromatic carbocycles. The molecule has 2 fully saturated rings. The number of para-hydroxylation sites is 2. The van der Waals surface area contributed by atoms with Crippen LogP contribution in [0.25, 0.3) is 6.08 Å². The van der Waals surface area contributed by atoms with Gasteiger partial charge in [-0.25, -0.2) is 0 Å². The van der Waals surface area contributed by atoms with E-state index in [0.29, 0.717) is 13.2 Å². The lowest BCUT2D eigenvalue weighted by molar-refractivity contribution is 0.0778. The lowest BCUT2D eigenvalue weighted by Crippen LogP contribution is -2.57. The Bertz CT molecular complexity index is 1800. The molecule has 0 spiro atoms. The van der Waals surface area contributed by atoms with E-state index in [4.69, 9.17) is 20.0 Å². The van der Waals surface area contributed by atoms with Crippen LogP contribution in [0.5, 0.6) is 0 Å². The van der Waals surface area contributed by atoms with Gasteiger partial charge < -0.3 is 19.3 Å². The van der Waals surface area contributed by atoms with Crippen LogP contribution in [0.3, 0.4) is 0 Å². The van der Waals surface area contributed by atoms with E-state index in [1.807, 2.05) is 91.0 Å². The Hall–Kier alpha value is -5.90. The molecule has 7 rings (SSSR count). The topological polar surface area (TPSA) is 120 Å². The van der Waals surface area contributed by atoms with Gasteiger partial charge in [0.2, 0.25) is 0 Å². The predicted octanol–water partition coefficient (Wildman–Crippen LogP) is 6.61. The van der Waals surface area contributed by atoms with Gasteiger partial charge in [0, 0.05) is 42.5 Å². The van der Waals surface area contributed by atoms with Crippen LogP contribution in [0, 0.1) is 45.3 Å². The highest BCUT2D eigenvalue weighted by atomic mass is 16.5. The second kappa shape index (κ2) is 16.6. The van der Waals surface area contributed by atoms with E-state index in [0.717, 1.165) is 55.2 Å². The number of morpholine rings is 2. The molecule has 48 heavy (non-hydrogen) atoms. The maximum absolute atomic E-state index is 10.1. The summed E-state index contributed by atoms with van der Waals surface area (Å²) in [5, 5.41) is 37.1. The number of hydrogen-bond donors (Lipinski definition) is 0. The number of fused-ring (bicyclic) bond motifs is 3. The molecule has 4 aromatic rings. The number of ether oxygens (including phenoxy) is 2. The van der Waals surface area contributed by atoms with Crippen molar-refractivity contribution in [3.05, 3.63) is 138 Å². The first-order chi connectivity index (χ1) is 23.6. The van der Waals surface area contributed by atoms with Crippen molar-refractivity contribution in [2.45, 2.75) is 17.4 Å². The number of allylic oxidation sites excluding steroid dienone is 1. The predicted molar refractivity (Wildman–Crippen MR) is 186 cm³/mol. The quantitative estimate of drug-likeness (QED) is 0.231. The van der Waals surface area contributed by atoms with E-state index in [9.17, 15) is 10.5 Å². The zero-order valence-electron chi connectivity index (χ0n) is 26.7. The zero-order valence-corrected chi connectivity index (χ0v) is 26.7. The second-order valence-electron chi connectivity index (χ2n) is 11.4. The molecule has 8 heteroatoms. The van der Waals surface area contributed by atoms with Crippen molar-refractivity contribution in [3.63, 3.8) is 0 Å². The number of nitriles is 4. The fourth-order valence-corrected chi connectivity index (χ4v) is 6.39. The first-order valence-corrected chi connectivity index (χ1v) is 15.9. The molecule has 3 heterocycles. The van der Waals surface area contributed by atoms with Gasteiger partial charge in [0.15, 0.2) is 5.41 Å². The number of hydrogen-bond acceptors (Lipinski definition) is 8. The van der Waals surface area contributed by atoms with Crippen LogP contribution >= 0.6 is 0 Å². The first kappa shape index (κ1) is 33.5. The van der Waals surface area contributed by atoms with E-state index in [1.54, 1.807) is 18.2 Å². The Kier molecular flexibility index (Phi) is 11.6. The van der Waals surface area contributed by atoms with Gasteiger partial charge in [-0.05, 0) is 35.4 Å². The summed E-state index contributed by atoms with van der Waals surface area (Å²) in [5.74, 6) is -0.246. The zero-order chi connectivity index (χ0) is 33.6. The minimum atomic E-state index is -1.21. The van der Waals surface area contributed by atoms with Gasteiger partial charge in [-0.3, -0.25) is 0 Å². The minimum absolute atomic E-state index is 0.0182. The van der Waals surface area contributed by atoms with Crippen molar-refractivity contribution in [2.75, 3.05) is 55.9 Å². The average Bonchev–Trinajstić information content (AvgIpc) is 3.18. The molecule has 238 valence electrons. The highest BCUT2D eigenvalue weighted by molar-refractivity contribution is 5.68. The molecule has 0 N–H and O–H groups in total. The molecule has 0 aromatic heterocycles. The summed E-state index contributed by atoms with van der Waals surface area (Å²) in [5.41, 5.74) is 3.90. The van der Waals surface area contributed by atoms with Crippen molar-refractivity contribution < 1.29 is 9.47 Å². The molecule has 2 atom stereocenters. The maximum atomic E-state index is 10.1. The summed E-state index contributed by atoms with van der Waals surface area (Å²) >= 11 is 0. The highest BCUT2D eigenvalue weighted by Crippen LogP contribution is 2.51. The number of anilines is 2. The Labute approximate surface area is 282 Å². The first-order valence-electron chi connectivity index (χ1n) is 15.9. The smallest absolute Gasteiger partial charge is 0.179 e. The van der Waals surface area contributed by atoms with E-state index < -0.39 is 5.41 Å². The standard InChI is InChI=1S/C20H17N3O.C10H6N2.C10H13NO/c21-13-20(14-22)16-8-4-5-9-17(16)23-10-11-24-12-18(23)19(20)15-6-2-1-3-7-15;11-7-10(8-12)6-9-4-2-1-3-5-9;1-2-4-10(5-3-1)11-6-8-12-9-7-11/h1-9,18-19H,10-12H2;1-6H;1-5H,6-9H2. The highest BCUT2D eigenvalue weighted by Gasteiger charge is 2.54. The van der Waals surface area contributed by atoms with Gasteiger partial charge in [-0.2, -0.15) is 21.0 Å². The number of rotatable bonds is 3. The van der Waals surface area contributed by atoms with E-state index in [-0.39, 0.29) is 17.5 Å². The summed E-state index contributed by atoms with van der Waals surface area (Å²) < 4.78 is 11.0. The van der Waals surface area contributed by atoms with Gasteiger partial charge in [-0.1, -0.05) is 97.1 Å². The third-order valence-electron chi connectivity index (χ3n) is 8.65. The Balaban J connectivity index is 0.000000158. The Morgan fingerprint density at radius 2 is 1.23 bits per heavy atom. The molecule has 3 aliphatic rings. The molecule has 3 aliphatic heterocycles. The van der Waals surface area contributed by atoms with E-state index in [2.05, 4.69) is 46.2 Å². The van der Waals surface area contributed by atoms with Crippen LogP contribution in [-0.2, 0) is 14.9 Å².